The molecule has 0 saturated heterocycles. The lowest BCUT2D eigenvalue weighted by molar-refractivity contribution is 0.108. The average Bonchev–Trinajstić information content (AvgIpc) is 3.44. The summed E-state index contributed by atoms with van der Waals surface area (Å²) in [6.07, 6.45) is 9.59. The van der Waals surface area contributed by atoms with Gasteiger partial charge >= 0.3 is 0 Å². The zero-order valence-electron chi connectivity index (χ0n) is 15.0. The maximum atomic E-state index is 2.61. The summed E-state index contributed by atoms with van der Waals surface area (Å²) in [6, 6.07) is 21.7. The third-order valence-electron chi connectivity index (χ3n) is 5.42. The highest BCUT2D eigenvalue weighted by atomic mass is 15.2. The van der Waals surface area contributed by atoms with E-state index in [9.17, 15) is 0 Å². The molecular weight excluding hydrogens is 290 g/mol. The molecule has 1 heteroatoms. The van der Waals surface area contributed by atoms with Crippen LogP contribution < -0.4 is 0 Å². The Morgan fingerprint density at radius 3 is 2.21 bits per heavy atom. The maximum absolute atomic E-state index is 2.61. The van der Waals surface area contributed by atoms with Crippen LogP contribution in [0.3, 0.4) is 0 Å². The second-order valence-corrected chi connectivity index (χ2v) is 7.09. The van der Waals surface area contributed by atoms with Crippen molar-refractivity contribution in [1.29, 1.82) is 0 Å². The van der Waals surface area contributed by atoms with E-state index in [1.807, 2.05) is 0 Å². The summed E-state index contributed by atoms with van der Waals surface area (Å²) in [7, 11) is 2.31. The molecule has 1 nitrogen and oxygen atoms in total. The molecule has 3 rings (SSSR count). The SMILES string of the molecule is CCC(C/C=C/c1ccccc1)(c1ccccc1)N(C)CC1CC1. The minimum absolute atomic E-state index is 0.0924. The number of hydrogen-bond acceptors (Lipinski definition) is 1. The number of nitrogens with zero attached hydrogens (tertiary/aromatic N) is 1. The van der Waals surface area contributed by atoms with Crippen molar-refractivity contribution >= 4 is 6.08 Å². The lowest BCUT2D eigenvalue weighted by Gasteiger charge is -2.42. The zero-order chi connectivity index (χ0) is 16.8. The van der Waals surface area contributed by atoms with Crippen LogP contribution in [0.5, 0.6) is 0 Å². The topological polar surface area (TPSA) is 3.24 Å². The van der Waals surface area contributed by atoms with E-state index in [1.165, 1.54) is 30.5 Å². The summed E-state index contributed by atoms with van der Waals surface area (Å²) in [4.78, 5) is 2.61. The third-order valence-corrected chi connectivity index (χ3v) is 5.42. The molecule has 24 heavy (non-hydrogen) atoms. The predicted octanol–water partition coefficient (Wildman–Crippen LogP) is 5.74. The quantitative estimate of drug-likeness (QED) is 0.600. The van der Waals surface area contributed by atoms with E-state index in [2.05, 4.69) is 91.7 Å². The summed E-state index contributed by atoms with van der Waals surface area (Å²) in [5.41, 5.74) is 2.81. The highest BCUT2D eigenvalue weighted by molar-refractivity contribution is 5.49. The van der Waals surface area contributed by atoms with E-state index in [0.717, 1.165) is 18.8 Å². The highest BCUT2D eigenvalue weighted by Crippen LogP contribution is 2.39. The Hall–Kier alpha value is -1.86. The van der Waals surface area contributed by atoms with Crippen LogP contribution in [0, 0.1) is 5.92 Å². The lowest BCUT2D eigenvalue weighted by Crippen LogP contribution is -2.44. The van der Waals surface area contributed by atoms with Crippen LogP contribution in [0.4, 0.5) is 0 Å². The van der Waals surface area contributed by atoms with Crippen molar-refractivity contribution in [3.63, 3.8) is 0 Å². The molecule has 2 aromatic rings. The first kappa shape index (κ1) is 17.0. The summed E-state index contributed by atoms with van der Waals surface area (Å²) in [6.45, 7) is 3.54. The van der Waals surface area contributed by atoms with Gasteiger partial charge in [-0.25, -0.2) is 0 Å². The fourth-order valence-electron chi connectivity index (χ4n) is 3.68. The maximum Gasteiger partial charge on any atom is 0.0489 e. The molecular formula is C23H29N. The molecule has 0 bridgehead atoms. The Morgan fingerprint density at radius 1 is 1.00 bits per heavy atom. The first-order valence-electron chi connectivity index (χ1n) is 9.23. The van der Waals surface area contributed by atoms with Crippen molar-refractivity contribution in [2.45, 2.75) is 38.1 Å². The summed E-state index contributed by atoms with van der Waals surface area (Å²) < 4.78 is 0. The van der Waals surface area contributed by atoms with Crippen LogP contribution in [0.1, 0.15) is 43.7 Å². The predicted molar refractivity (Wildman–Crippen MR) is 104 cm³/mol. The van der Waals surface area contributed by atoms with Gasteiger partial charge in [0.05, 0.1) is 0 Å². The van der Waals surface area contributed by atoms with Crippen molar-refractivity contribution in [3.05, 3.63) is 77.9 Å². The van der Waals surface area contributed by atoms with Gasteiger partial charge in [-0.15, -0.1) is 0 Å². The van der Waals surface area contributed by atoms with Gasteiger partial charge in [0.1, 0.15) is 0 Å². The van der Waals surface area contributed by atoms with Gasteiger partial charge in [0.2, 0.25) is 0 Å². The molecule has 0 spiro atoms. The molecule has 1 saturated carbocycles. The van der Waals surface area contributed by atoms with E-state index in [0.29, 0.717) is 0 Å². The van der Waals surface area contributed by atoms with Gasteiger partial charge < -0.3 is 0 Å². The zero-order valence-corrected chi connectivity index (χ0v) is 15.0. The van der Waals surface area contributed by atoms with E-state index in [4.69, 9.17) is 0 Å². The normalized spacial score (nSPS) is 17.3. The van der Waals surface area contributed by atoms with Crippen LogP contribution in [-0.4, -0.2) is 18.5 Å². The Balaban J connectivity index is 1.84. The van der Waals surface area contributed by atoms with Crippen LogP contribution in [-0.2, 0) is 5.54 Å². The lowest BCUT2D eigenvalue weighted by atomic mass is 9.82. The molecule has 0 heterocycles. The minimum atomic E-state index is 0.0924. The molecule has 126 valence electrons. The molecule has 1 atom stereocenters. The van der Waals surface area contributed by atoms with Crippen molar-refractivity contribution < 1.29 is 0 Å². The number of benzene rings is 2. The second kappa shape index (κ2) is 7.81. The fraction of sp³-hybridized carbons (Fsp3) is 0.391. The van der Waals surface area contributed by atoms with E-state index < -0.39 is 0 Å². The van der Waals surface area contributed by atoms with Crippen molar-refractivity contribution in [3.8, 4) is 0 Å². The Labute approximate surface area is 147 Å². The van der Waals surface area contributed by atoms with E-state index >= 15 is 0 Å². The number of hydrogen-bond donors (Lipinski definition) is 0. The molecule has 0 aromatic heterocycles. The summed E-state index contributed by atoms with van der Waals surface area (Å²) in [5.74, 6) is 0.905. The number of rotatable bonds is 8. The van der Waals surface area contributed by atoms with Crippen LogP contribution in [0.15, 0.2) is 66.7 Å². The largest absolute Gasteiger partial charge is 0.296 e. The van der Waals surface area contributed by atoms with Gasteiger partial charge in [-0.3, -0.25) is 4.90 Å². The third kappa shape index (κ3) is 3.96. The van der Waals surface area contributed by atoms with E-state index in [-0.39, 0.29) is 5.54 Å². The Morgan fingerprint density at radius 2 is 1.62 bits per heavy atom. The van der Waals surface area contributed by atoms with Crippen LogP contribution >= 0.6 is 0 Å². The van der Waals surface area contributed by atoms with E-state index in [1.54, 1.807) is 0 Å². The summed E-state index contributed by atoms with van der Waals surface area (Å²) in [5, 5.41) is 0. The fourth-order valence-corrected chi connectivity index (χ4v) is 3.68. The van der Waals surface area contributed by atoms with Crippen molar-refractivity contribution in [2.24, 2.45) is 5.92 Å². The highest BCUT2D eigenvalue weighted by Gasteiger charge is 2.36. The smallest absolute Gasteiger partial charge is 0.0489 e. The van der Waals surface area contributed by atoms with Gasteiger partial charge in [-0.05, 0) is 49.8 Å². The summed E-state index contributed by atoms with van der Waals surface area (Å²) >= 11 is 0. The average molecular weight is 319 g/mol. The first-order valence-corrected chi connectivity index (χ1v) is 9.23. The van der Waals surface area contributed by atoms with Gasteiger partial charge in [0.15, 0.2) is 0 Å². The molecule has 1 aliphatic rings. The Kier molecular flexibility index (Phi) is 5.52. The molecule has 1 fully saturated rings. The molecule has 0 radical (unpaired) electrons. The molecule has 2 aromatic carbocycles. The van der Waals surface area contributed by atoms with Gasteiger partial charge in [-0.1, -0.05) is 79.7 Å². The molecule has 0 aliphatic heterocycles. The standard InChI is InChI=1S/C23H29N/c1-3-23(22-14-8-5-9-15-22,24(2)19-21-16-17-21)18-10-13-20-11-6-4-7-12-20/h4-15,21H,3,16-19H2,1-2H3/b13-10+. The van der Waals surface area contributed by atoms with Gasteiger partial charge in [0.25, 0.3) is 0 Å². The second-order valence-electron chi connectivity index (χ2n) is 7.09. The van der Waals surface area contributed by atoms with Gasteiger partial charge in [0, 0.05) is 12.1 Å². The van der Waals surface area contributed by atoms with Crippen LogP contribution in [0.2, 0.25) is 0 Å². The molecule has 0 N–H and O–H groups in total. The molecule has 1 unspecified atom stereocenters. The van der Waals surface area contributed by atoms with Crippen LogP contribution in [0.25, 0.3) is 6.08 Å². The monoisotopic (exact) mass is 319 g/mol. The Bertz CT molecular complexity index is 642. The van der Waals surface area contributed by atoms with Crippen molar-refractivity contribution in [2.75, 3.05) is 13.6 Å². The first-order chi connectivity index (χ1) is 11.7. The van der Waals surface area contributed by atoms with Gasteiger partial charge in [-0.2, -0.15) is 0 Å². The minimum Gasteiger partial charge on any atom is -0.296 e. The molecule has 1 aliphatic carbocycles. The van der Waals surface area contributed by atoms with Crippen molar-refractivity contribution in [1.82, 2.24) is 4.90 Å². The molecule has 0 amide bonds.